The molecule has 0 radical (unpaired) electrons. The number of nitrogens with one attached hydrogen (secondary N) is 2. The molecule has 0 aromatic carbocycles. The van der Waals surface area contributed by atoms with Gasteiger partial charge in [0.2, 0.25) is 5.91 Å². The number of carbonyl (C=O) groups excluding carboxylic acids is 1. The molecule has 0 aliphatic carbocycles. The molecule has 0 aromatic rings. The van der Waals surface area contributed by atoms with Gasteiger partial charge < -0.3 is 10.4 Å². The molecule has 0 aromatic heterocycles. The van der Waals surface area contributed by atoms with Crippen molar-refractivity contribution in [2.24, 2.45) is 5.92 Å². The molecule has 1 atom stereocenters. The fourth-order valence-electron chi connectivity index (χ4n) is 0.986. The number of carboxylic acid groups (broad SMARTS) is 1. The minimum Gasteiger partial charge on any atom is -0.480 e. The summed E-state index contributed by atoms with van der Waals surface area (Å²) in [6, 6.07) is -0.856. The Morgan fingerprint density at radius 3 is 2.47 bits per heavy atom. The van der Waals surface area contributed by atoms with Crippen LogP contribution in [-0.2, 0) is 9.59 Å². The Labute approximate surface area is 89.2 Å². The quantitative estimate of drug-likeness (QED) is 0.407. The molecule has 15 heavy (non-hydrogen) atoms. The molecular formula is C10H16N2O3. The van der Waals surface area contributed by atoms with E-state index >= 15 is 0 Å². The van der Waals surface area contributed by atoms with Gasteiger partial charge in [0.25, 0.3) is 0 Å². The van der Waals surface area contributed by atoms with Gasteiger partial charge in [0.1, 0.15) is 6.04 Å². The van der Waals surface area contributed by atoms with E-state index in [1.807, 2.05) is 0 Å². The van der Waals surface area contributed by atoms with Gasteiger partial charge >= 0.3 is 5.97 Å². The third kappa shape index (κ3) is 5.70. The highest BCUT2D eigenvalue weighted by Gasteiger charge is 2.22. The van der Waals surface area contributed by atoms with E-state index in [2.05, 4.69) is 16.6 Å². The molecule has 0 heterocycles. The summed E-state index contributed by atoms with van der Waals surface area (Å²) in [6.45, 7) is 3.77. The first-order chi connectivity index (χ1) is 6.99. The van der Waals surface area contributed by atoms with Gasteiger partial charge in [-0.15, -0.1) is 6.42 Å². The average Bonchev–Trinajstić information content (AvgIpc) is 2.13. The summed E-state index contributed by atoms with van der Waals surface area (Å²) in [7, 11) is 0. The normalized spacial score (nSPS) is 11.9. The fourth-order valence-corrected chi connectivity index (χ4v) is 0.986. The minimum atomic E-state index is -1.03. The molecule has 0 saturated heterocycles. The Bertz CT molecular complexity index is 268. The van der Waals surface area contributed by atoms with Gasteiger partial charge in [-0.25, -0.2) is 4.79 Å². The number of carboxylic acids is 1. The summed E-state index contributed by atoms with van der Waals surface area (Å²) < 4.78 is 0. The van der Waals surface area contributed by atoms with Gasteiger partial charge in [0.05, 0.1) is 13.1 Å². The fraction of sp³-hybridized carbons (Fsp3) is 0.600. The molecule has 0 rings (SSSR count). The Morgan fingerprint density at radius 2 is 2.07 bits per heavy atom. The van der Waals surface area contributed by atoms with E-state index in [0.717, 1.165) is 0 Å². The Kier molecular flexibility index (Phi) is 6.14. The van der Waals surface area contributed by atoms with E-state index in [1.54, 1.807) is 13.8 Å². The van der Waals surface area contributed by atoms with Gasteiger partial charge in [-0.05, 0) is 5.92 Å². The maximum atomic E-state index is 11.2. The summed E-state index contributed by atoms with van der Waals surface area (Å²) in [5.41, 5.74) is 0. The van der Waals surface area contributed by atoms with Crippen LogP contribution in [-0.4, -0.2) is 36.1 Å². The van der Waals surface area contributed by atoms with Gasteiger partial charge in [-0.1, -0.05) is 19.8 Å². The van der Waals surface area contributed by atoms with Crippen molar-refractivity contribution in [2.45, 2.75) is 19.9 Å². The highest BCUT2D eigenvalue weighted by atomic mass is 16.4. The molecule has 3 N–H and O–H groups in total. The van der Waals surface area contributed by atoms with Crippen molar-refractivity contribution < 1.29 is 14.7 Å². The highest BCUT2D eigenvalue weighted by molar-refractivity contribution is 5.84. The number of terminal acetylenes is 1. The summed E-state index contributed by atoms with van der Waals surface area (Å²) in [5.74, 6) is 0.760. The molecule has 1 amide bonds. The lowest BCUT2D eigenvalue weighted by Crippen LogP contribution is -2.47. The SMILES string of the molecule is C#CCNCC(=O)N[C@@H](C(=O)O)C(C)C. The minimum absolute atomic E-state index is 0.0285. The Balaban J connectivity index is 4.02. The van der Waals surface area contributed by atoms with Crippen LogP contribution in [0, 0.1) is 18.3 Å². The van der Waals surface area contributed by atoms with E-state index in [0.29, 0.717) is 0 Å². The van der Waals surface area contributed by atoms with E-state index in [4.69, 9.17) is 11.5 Å². The van der Waals surface area contributed by atoms with Crippen molar-refractivity contribution in [3.8, 4) is 12.3 Å². The van der Waals surface area contributed by atoms with Crippen LogP contribution in [0.4, 0.5) is 0 Å². The van der Waals surface area contributed by atoms with E-state index < -0.39 is 12.0 Å². The lowest BCUT2D eigenvalue weighted by molar-refractivity contribution is -0.142. The smallest absolute Gasteiger partial charge is 0.326 e. The van der Waals surface area contributed by atoms with Crippen LogP contribution in [0.25, 0.3) is 0 Å². The molecule has 0 fully saturated rings. The Hall–Kier alpha value is -1.54. The van der Waals surface area contributed by atoms with Crippen molar-refractivity contribution in [2.75, 3.05) is 13.1 Å². The summed E-state index contributed by atoms with van der Waals surface area (Å²) in [6.07, 6.45) is 4.97. The largest absolute Gasteiger partial charge is 0.480 e. The first kappa shape index (κ1) is 13.5. The second-order valence-electron chi connectivity index (χ2n) is 3.44. The third-order valence-corrected chi connectivity index (χ3v) is 1.76. The van der Waals surface area contributed by atoms with Crippen molar-refractivity contribution in [1.29, 1.82) is 0 Å². The number of hydrogen-bond donors (Lipinski definition) is 3. The maximum Gasteiger partial charge on any atom is 0.326 e. The molecule has 0 bridgehead atoms. The van der Waals surface area contributed by atoms with Crippen LogP contribution in [0.5, 0.6) is 0 Å². The number of hydrogen-bond acceptors (Lipinski definition) is 3. The van der Waals surface area contributed by atoms with Crippen LogP contribution in [0.1, 0.15) is 13.8 Å². The zero-order valence-electron chi connectivity index (χ0n) is 8.91. The van der Waals surface area contributed by atoms with E-state index in [1.165, 1.54) is 0 Å². The van der Waals surface area contributed by atoms with Crippen molar-refractivity contribution in [3.05, 3.63) is 0 Å². The molecule has 0 aliphatic heterocycles. The second-order valence-corrected chi connectivity index (χ2v) is 3.44. The Morgan fingerprint density at radius 1 is 1.47 bits per heavy atom. The molecule has 0 saturated carbocycles. The maximum absolute atomic E-state index is 11.2. The summed E-state index contributed by atoms with van der Waals surface area (Å²) in [4.78, 5) is 22.0. The number of rotatable bonds is 6. The molecule has 5 heteroatoms. The van der Waals surface area contributed by atoms with Crippen molar-refractivity contribution in [3.63, 3.8) is 0 Å². The van der Waals surface area contributed by atoms with Crippen LogP contribution in [0.15, 0.2) is 0 Å². The second kappa shape index (κ2) is 6.85. The molecular weight excluding hydrogens is 196 g/mol. The lowest BCUT2D eigenvalue weighted by Gasteiger charge is -2.17. The lowest BCUT2D eigenvalue weighted by atomic mass is 10.1. The van der Waals surface area contributed by atoms with Gasteiger partial charge in [0.15, 0.2) is 0 Å². The van der Waals surface area contributed by atoms with Gasteiger partial charge in [-0.3, -0.25) is 10.1 Å². The monoisotopic (exact) mass is 212 g/mol. The number of carbonyl (C=O) groups is 2. The highest BCUT2D eigenvalue weighted by Crippen LogP contribution is 2.00. The van der Waals surface area contributed by atoms with Crippen LogP contribution < -0.4 is 10.6 Å². The zero-order chi connectivity index (χ0) is 11.8. The predicted molar refractivity (Wildman–Crippen MR) is 56.1 cm³/mol. The predicted octanol–water partition coefficient (Wildman–Crippen LogP) is -0.565. The van der Waals surface area contributed by atoms with Crippen LogP contribution >= 0.6 is 0 Å². The molecule has 0 spiro atoms. The number of amides is 1. The molecule has 0 unspecified atom stereocenters. The van der Waals surface area contributed by atoms with Crippen molar-refractivity contribution in [1.82, 2.24) is 10.6 Å². The topological polar surface area (TPSA) is 78.4 Å². The van der Waals surface area contributed by atoms with Gasteiger partial charge in [0, 0.05) is 0 Å². The molecule has 84 valence electrons. The third-order valence-electron chi connectivity index (χ3n) is 1.76. The van der Waals surface area contributed by atoms with Crippen LogP contribution in [0.3, 0.4) is 0 Å². The van der Waals surface area contributed by atoms with Gasteiger partial charge in [-0.2, -0.15) is 0 Å². The molecule has 5 nitrogen and oxygen atoms in total. The summed E-state index contributed by atoms with van der Waals surface area (Å²) >= 11 is 0. The van der Waals surface area contributed by atoms with E-state index in [9.17, 15) is 9.59 Å². The van der Waals surface area contributed by atoms with Crippen molar-refractivity contribution >= 4 is 11.9 Å². The average molecular weight is 212 g/mol. The number of aliphatic carboxylic acids is 1. The first-order valence-electron chi connectivity index (χ1n) is 4.65. The van der Waals surface area contributed by atoms with Crippen LogP contribution in [0.2, 0.25) is 0 Å². The first-order valence-corrected chi connectivity index (χ1v) is 4.65. The zero-order valence-corrected chi connectivity index (χ0v) is 8.91. The standard InChI is InChI=1S/C10H16N2O3/c1-4-5-11-6-8(13)12-9(7(2)3)10(14)15/h1,7,9,11H,5-6H2,2-3H3,(H,12,13)(H,14,15)/t9-/m1/s1. The van der Waals surface area contributed by atoms with E-state index in [-0.39, 0.29) is 24.9 Å². The summed E-state index contributed by atoms with van der Waals surface area (Å²) in [5, 5.41) is 13.9. The molecule has 0 aliphatic rings.